The van der Waals surface area contributed by atoms with Crippen molar-refractivity contribution >= 4 is 5.91 Å². The standard InChI is InChI=1S/C12H20N2O4/c1-14(6-4-3-5-7-15)12(16)11-8-10(9-17-2)18-13-11/h8,15H,3-7,9H2,1-2H3. The van der Waals surface area contributed by atoms with Crippen molar-refractivity contribution in [2.75, 3.05) is 27.3 Å². The largest absolute Gasteiger partial charge is 0.396 e. The third-order valence-corrected chi connectivity index (χ3v) is 2.56. The molecule has 1 heterocycles. The first-order valence-corrected chi connectivity index (χ1v) is 6.00. The maximum atomic E-state index is 11.9. The number of aliphatic hydroxyl groups is 1. The molecule has 0 fully saturated rings. The van der Waals surface area contributed by atoms with Crippen LogP contribution in [0, 0.1) is 0 Å². The molecule has 0 saturated heterocycles. The first-order valence-electron chi connectivity index (χ1n) is 6.00. The van der Waals surface area contributed by atoms with Crippen molar-refractivity contribution < 1.29 is 19.2 Å². The Bertz CT molecular complexity index is 365. The summed E-state index contributed by atoms with van der Waals surface area (Å²) in [6.07, 6.45) is 2.54. The summed E-state index contributed by atoms with van der Waals surface area (Å²) in [5.41, 5.74) is 0.298. The molecule has 0 spiro atoms. The Morgan fingerprint density at radius 3 is 2.94 bits per heavy atom. The van der Waals surface area contributed by atoms with Gasteiger partial charge in [0, 0.05) is 33.4 Å². The van der Waals surface area contributed by atoms with Gasteiger partial charge in [0.25, 0.3) is 5.91 Å². The van der Waals surface area contributed by atoms with E-state index in [1.165, 1.54) is 0 Å². The average molecular weight is 256 g/mol. The van der Waals surface area contributed by atoms with Gasteiger partial charge in [-0.3, -0.25) is 4.79 Å². The number of amides is 1. The lowest BCUT2D eigenvalue weighted by molar-refractivity contribution is 0.0781. The Morgan fingerprint density at radius 2 is 2.28 bits per heavy atom. The Balaban J connectivity index is 2.41. The van der Waals surface area contributed by atoms with Gasteiger partial charge in [-0.1, -0.05) is 5.16 Å². The van der Waals surface area contributed by atoms with Crippen LogP contribution >= 0.6 is 0 Å². The third kappa shape index (κ3) is 4.46. The second kappa shape index (κ2) is 7.84. The van der Waals surface area contributed by atoms with Gasteiger partial charge < -0.3 is 19.3 Å². The molecule has 0 aliphatic rings. The number of aromatic nitrogens is 1. The van der Waals surface area contributed by atoms with E-state index in [1.807, 2.05) is 0 Å². The molecule has 6 heteroatoms. The zero-order chi connectivity index (χ0) is 13.4. The summed E-state index contributed by atoms with van der Waals surface area (Å²) in [7, 11) is 3.28. The number of carbonyl (C=O) groups excluding carboxylic acids is 1. The minimum Gasteiger partial charge on any atom is -0.396 e. The van der Waals surface area contributed by atoms with E-state index in [1.54, 1.807) is 25.1 Å². The monoisotopic (exact) mass is 256 g/mol. The second-order valence-corrected chi connectivity index (χ2v) is 4.12. The molecule has 18 heavy (non-hydrogen) atoms. The van der Waals surface area contributed by atoms with Crippen LogP contribution < -0.4 is 0 Å². The van der Waals surface area contributed by atoms with Crippen LogP contribution in [0.5, 0.6) is 0 Å². The lowest BCUT2D eigenvalue weighted by atomic mass is 10.2. The number of rotatable bonds is 8. The van der Waals surface area contributed by atoms with Crippen LogP contribution in [0.2, 0.25) is 0 Å². The average Bonchev–Trinajstić information content (AvgIpc) is 2.82. The quantitative estimate of drug-likeness (QED) is 0.704. The van der Waals surface area contributed by atoms with E-state index in [-0.39, 0.29) is 12.5 Å². The number of nitrogens with zero attached hydrogens (tertiary/aromatic N) is 2. The molecule has 0 saturated carbocycles. The molecule has 1 aromatic heterocycles. The molecule has 1 N–H and O–H groups in total. The van der Waals surface area contributed by atoms with Crippen LogP contribution in [0.1, 0.15) is 35.5 Å². The fourth-order valence-corrected chi connectivity index (χ4v) is 1.56. The summed E-state index contributed by atoms with van der Waals surface area (Å²) in [6.45, 7) is 1.15. The predicted octanol–water partition coefficient (Wildman–Crippen LogP) is 1.06. The van der Waals surface area contributed by atoms with Gasteiger partial charge in [-0.25, -0.2) is 0 Å². The topological polar surface area (TPSA) is 75.8 Å². The number of aliphatic hydroxyl groups excluding tert-OH is 1. The molecule has 0 bridgehead atoms. The molecule has 0 aromatic carbocycles. The Labute approximate surface area is 107 Å². The molecular weight excluding hydrogens is 236 g/mol. The molecule has 0 aliphatic carbocycles. The van der Waals surface area contributed by atoms with Crippen LogP contribution in [0.4, 0.5) is 0 Å². The molecule has 0 radical (unpaired) electrons. The van der Waals surface area contributed by atoms with Crippen LogP contribution in [0.25, 0.3) is 0 Å². The smallest absolute Gasteiger partial charge is 0.275 e. The number of carbonyl (C=O) groups is 1. The highest BCUT2D eigenvalue weighted by Gasteiger charge is 2.16. The van der Waals surface area contributed by atoms with Gasteiger partial charge in [0.1, 0.15) is 6.61 Å². The molecule has 1 rings (SSSR count). The molecule has 1 aromatic rings. The Morgan fingerprint density at radius 1 is 1.50 bits per heavy atom. The summed E-state index contributed by atoms with van der Waals surface area (Å²) in [6, 6.07) is 1.59. The number of methoxy groups -OCH3 is 1. The van der Waals surface area contributed by atoms with E-state index in [4.69, 9.17) is 14.4 Å². The molecule has 0 aliphatic heterocycles. The van der Waals surface area contributed by atoms with E-state index in [9.17, 15) is 4.79 Å². The lowest BCUT2D eigenvalue weighted by Crippen LogP contribution is -2.28. The highest BCUT2D eigenvalue weighted by atomic mass is 16.5. The third-order valence-electron chi connectivity index (χ3n) is 2.56. The van der Waals surface area contributed by atoms with Crippen molar-refractivity contribution in [2.24, 2.45) is 0 Å². The summed E-state index contributed by atoms with van der Waals surface area (Å²) < 4.78 is 9.85. The highest BCUT2D eigenvalue weighted by molar-refractivity contribution is 5.92. The van der Waals surface area contributed by atoms with Gasteiger partial charge in [-0.15, -0.1) is 0 Å². The zero-order valence-corrected chi connectivity index (χ0v) is 10.9. The normalized spacial score (nSPS) is 10.6. The Hall–Kier alpha value is -1.40. The van der Waals surface area contributed by atoms with E-state index in [0.717, 1.165) is 19.3 Å². The predicted molar refractivity (Wildman–Crippen MR) is 65.1 cm³/mol. The van der Waals surface area contributed by atoms with Crippen molar-refractivity contribution in [1.82, 2.24) is 10.1 Å². The van der Waals surface area contributed by atoms with E-state index in [2.05, 4.69) is 5.16 Å². The molecule has 6 nitrogen and oxygen atoms in total. The molecule has 0 atom stereocenters. The van der Waals surface area contributed by atoms with Crippen molar-refractivity contribution in [3.63, 3.8) is 0 Å². The van der Waals surface area contributed by atoms with Crippen LogP contribution in [0.3, 0.4) is 0 Å². The minimum atomic E-state index is -0.162. The van der Waals surface area contributed by atoms with Gasteiger partial charge in [0.05, 0.1) is 0 Å². The molecule has 0 unspecified atom stereocenters. The van der Waals surface area contributed by atoms with Gasteiger partial charge >= 0.3 is 0 Å². The molecule has 102 valence electrons. The zero-order valence-electron chi connectivity index (χ0n) is 10.9. The number of unbranched alkanes of at least 4 members (excludes halogenated alkanes) is 2. The van der Waals surface area contributed by atoms with Crippen molar-refractivity contribution in [2.45, 2.75) is 25.9 Å². The van der Waals surface area contributed by atoms with Crippen molar-refractivity contribution in [3.8, 4) is 0 Å². The minimum absolute atomic E-state index is 0.162. The van der Waals surface area contributed by atoms with Gasteiger partial charge in [-0.2, -0.15) is 0 Å². The van der Waals surface area contributed by atoms with Crippen LogP contribution in [0.15, 0.2) is 10.6 Å². The summed E-state index contributed by atoms with van der Waals surface area (Å²) >= 11 is 0. The maximum absolute atomic E-state index is 11.9. The van der Waals surface area contributed by atoms with Gasteiger partial charge in [0.15, 0.2) is 11.5 Å². The van der Waals surface area contributed by atoms with Crippen LogP contribution in [-0.2, 0) is 11.3 Å². The molecule has 1 amide bonds. The van der Waals surface area contributed by atoms with Crippen molar-refractivity contribution in [1.29, 1.82) is 0 Å². The number of ether oxygens (including phenoxy) is 1. The van der Waals surface area contributed by atoms with Gasteiger partial charge in [0.2, 0.25) is 0 Å². The van der Waals surface area contributed by atoms with E-state index >= 15 is 0 Å². The lowest BCUT2D eigenvalue weighted by Gasteiger charge is -2.14. The fourth-order valence-electron chi connectivity index (χ4n) is 1.56. The van der Waals surface area contributed by atoms with Crippen molar-refractivity contribution in [3.05, 3.63) is 17.5 Å². The SMILES string of the molecule is COCc1cc(C(=O)N(C)CCCCCO)no1. The summed E-state index contributed by atoms with van der Waals surface area (Å²) in [5.74, 6) is 0.375. The maximum Gasteiger partial charge on any atom is 0.275 e. The summed E-state index contributed by atoms with van der Waals surface area (Å²) in [4.78, 5) is 13.5. The Kier molecular flexibility index (Phi) is 6.38. The fraction of sp³-hybridized carbons (Fsp3) is 0.667. The van der Waals surface area contributed by atoms with E-state index < -0.39 is 0 Å². The molecular formula is C12H20N2O4. The van der Waals surface area contributed by atoms with E-state index in [0.29, 0.717) is 24.6 Å². The van der Waals surface area contributed by atoms with Gasteiger partial charge in [-0.05, 0) is 19.3 Å². The highest BCUT2D eigenvalue weighted by Crippen LogP contribution is 2.08. The summed E-state index contributed by atoms with van der Waals surface area (Å²) in [5, 5.41) is 12.4. The first-order chi connectivity index (χ1) is 8.69. The number of hydrogen-bond acceptors (Lipinski definition) is 5. The second-order valence-electron chi connectivity index (χ2n) is 4.12. The first kappa shape index (κ1) is 14.7. The van der Waals surface area contributed by atoms with Crippen LogP contribution in [-0.4, -0.2) is 48.4 Å². The number of hydrogen-bond donors (Lipinski definition) is 1.